The summed E-state index contributed by atoms with van der Waals surface area (Å²) >= 11 is 0. The first kappa shape index (κ1) is 15.5. The lowest BCUT2D eigenvalue weighted by Crippen LogP contribution is -2.29. The van der Waals surface area contributed by atoms with Gasteiger partial charge < -0.3 is 15.0 Å². The molecule has 0 aliphatic rings. The number of hydrogen-bond acceptors (Lipinski definition) is 4. The van der Waals surface area contributed by atoms with Crippen molar-refractivity contribution in [3.05, 3.63) is 29.3 Å². The Morgan fingerprint density at radius 2 is 2.16 bits per heavy atom. The summed E-state index contributed by atoms with van der Waals surface area (Å²) in [6.45, 7) is 4.05. The van der Waals surface area contributed by atoms with Crippen molar-refractivity contribution in [2.45, 2.75) is 25.9 Å². The van der Waals surface area contributed by atoms with E-state index >= 15 is 0 Å². The molecule has 0 heterocycles. The van der Waals surface area contributed by atoms with Crippen molar-refractivity contribution in [2.24, 2.45) is 0 Å². The molecule has 4 heteroatoms. The maximum Gasteiger partial charge on any atom is 0.136 e. The average molecular weight is 261 g/mol. The molecule has 0 radical (unpaired) electrons. The van der Waals surface area contributed by atoms with Gasteiger partial charge in [-0.05, 0) is 51.7 Å². The Kier molecular flexibility index (Phi) is 6.34. The quantitative estimate of drug-likeness (QED) is 0.815. The second-order valence-corrected chi connectivity index (χ2v) is 5.02. The number of nitrogens with one attached hydrogen (secondary N) is 1. The zero-order chi connectivity index (χ0) is 14.3. The molecule has 0 saturated carbocycles. The smallest absolute Gasteiger partial charge is 0.136 e. The topological polar surface area (TPSA) is 48.3 Å². The highest BCUT2D eigenvalue weighted by Crippen LogP contribution is 2.19. The number of benzene rings is 1. The first-order valence-corrected chi connectivity index (χ1v) is 6.52. The lowest BCUT2D eigenvalue weighted by atomic mass is 10.1. The van der Waals surface area contributed by atoms with Crippen molar-refractivity contribution in [3.63, 3.8) is 0 Å². The Bertz CT molecular complexity index is 438. The predicted molar refractivity (Wildman–Crippen MR) is 77.2 cm³/mol. The third-order valence-electron chi connectivity index (χ3n) is 3.05. The van der Waals surface area contributed by atoms with E-state index in [1.54, 1.807) is 13.2 Å². The van der Waals surface area contributed by atoms with E-state index in [0.717, 1.165) is 25.1 Å². The number of rotatable bonds is 7. The molecule has 0 aliphatic heterocycles. The molecule has 1 aromatic carbocycles. The van der Waals surface area contributed by atoms with E-state index in [-0.39, 0.29) is 0 Å². The van der Waals surface area contributed by atoms with Gasteiger partial charge in [0.1, 0.15) is 11.8 Å². The van der Waals surface area contributed by atoms with Gasteiger partial charge in [-0.15, -0.1) is 0 Å². The van der Waals surface area contributed by atoms with Crippen molar-refractivity contribution in [3.8, 4) is 11.8 Å². The van der Waals surface area contributed by atoms with Crippen molar-refractivity contribution in [1.82, 2.24) is 10.2 Å². The normalized spacial score (nSPS) is 12.2. The van der Waals surface area contributed by atoms with Gasteiger partial charge in [0, 0.05) is 12.6 Å². The summed E-state index contributed by atoms with van der Waals surface area (Å²) < 4.78 is 5.21. The average Bonchev–Trinajstić information content (AvgIpc) is 2.42. The standard InChI is InChI=1S/C15H23N3O/c1-12(7-8-18(2)3)17-11-13-5-6-14(10-16)15(9-13)19-4/h5-6,9,12,17H,7-8,11H2,1-4H3. The lowest BCUT2D eigenvalue weighted by Gasteiger charge is -2.17. The van der Waals surface area contributed by atoms with Crippen LogP contribution in [0.4, 0.5) is 0 Å². The fourth-order valence-electron chi connectivity index (χ4n) is 1.78. The molecule has 19 heavy (non-hydrogen) atoms. The highest BCUT2D eigenvalue weighted by Gasteiger charge is 2.06. The van der Waals surface area contributed by atoms with Crippen molar-refractivity contribution in [1.29, 1.82) is 5.26 Å². The molecule has 4 nitrogen and oxygen atoms in total. The minimum Gasteiger partial charge on any atom is -0.495 e. The molecule has 1 atom stereocenters. The van der Waals surface area contributed by atoms with E-state index in [1.165, 1.54) is 0 Å². The zero-order valence-electron chi connectivity index (χ0n) is 12.2. The summed E-state index contributed by atoms with van der Waals surface area (Å²) in [5.41, 5.74) is 1.71. The van der Waals surface area contributed by atoms with Crippen LogP contribution < -0.4 is 10.1 Å². The Morgan fingerprint density at radius 1 is 1.42 bits per heavy atom. The van der Waals surface area contributed by atoms with Crippen molar-refractivity contribution < 1.29 is 4.74 Å². The van der Waals surface area contributed by atoms with Gasteiger partial charge in [0.25, 0.3) is 0 Å². The molecule has 1 rings (SSSR count). The summed E-state index contributed by atoms with van der Waals surface area (Å²) in [4.78, 5) is 2.18. The monoisotopic (exact) mass is 261 g/mol. The molecule has 1 aromatic rings. The minimum atomic E-state index is 0.462. The third kappa shape index (κ3) is 5.29. The van der Waals surface area contributed by atoms with Crippen LogP contribution in [0, 0.1) is 11.3 Å². The first-order chi connectivity index (χ1) is 9.06. The van der Waals surface area contributed by atoms with Crippen LogP contribution in [0.5, 0.6) is 5.75 Å². The van der Waals surface area contributed by atoms with Crippen molar-refractivity contribution >= 4 is 0 Å². The fourth-order valence-corrected chi connectivity index (χ4v) is 1.78. The van der Waals surface area contributed by atoms with Gasteiger partial charge in [-0.2, -0.15) is 5.26 Å². The molecule has 0 fully saturated rings. The minimum absolute atomic E-state index is 0.462. The van der Waals surface area contributed by atoms with E-state index < -0.39 is 0 Å². The molecule has 0 amide bonds. The van der Waals surface area contributed by atoms with Crippen LogP contribution in [0.2, 0.25) is 0 Å². The number of nitriles is 1. The predicted octanol–water partition coefficient (Wildman–Crippen LogP) is 2.00. The molecule has 0 aliphatic carbocycles. The van der Waals surface area contributed by atoms with Gasteiger partial charge >= 0.3 is 0 Å². The van der Waals surface area contributed by atoms with Gasteiger partial charge in [-0.1, -0.05) is 6.07 Å². The third-order valence-corrected chi connectivity index (χ3v) is 3.05. The number of ether oxygens (including phenoxy) is 1. The highest BCUT2D eigenvalue weighted by molar-refractivity contribution is 5.45. The summed E-state index contributed by atoms with van der Waals surface area (Å²) in [5.74, 6) is 0.641. The summed E-state index contributed by atoms with van der Waals surface area (Å²) in [7, 11) is 5.75. The van der Waals surface area contributed by atoms with E-state index in [4.69, 9.17) is 10.00 Å². The van der Waals surface area contributed by atoms with Gasteiger partial charge in [-0.25, -0.2) is 0 Å². The molecular formula is C15H23N3O. The molecule has 0 saturated heterocycles. The molecule has 1 unspecified atom stereocenters. The fraction of sp³-hybridized carbons (Fsp3) is 0.533. The maximum atomic E-state index is 8.93. The maximum absolute atomic E-state index is 8.93. The Balaban J connectivity index is 2.52. The second kappa shape index (κ2) is 7.78. The Morgan fingerprint density at radius 3 is 2.74 bits per heavy atom. The van der Waals surface area contributed by atoms with Crippen LogP contribution in [0.1, 0.15) is 24.5 Å². The zero-order valence-corrected chi connectivity index (χ0v) is 12.2. The summed E-state index contributed by atoms with van der Waals surface area (Å²) in [6, 6.07) is 8.27. The van der Waals surface area contributed by atoms with E-state index in [0.29, 0.717) is 17.4 Å². The van der Waals surface area contributed by atoms with E-state index in [1.807, 2.05) is 12.1 Å². The van der Waals surface area contributed by atoms with Crippen LogP contribution in [0.3, 0.4) is 0 Å². The summed E-state index contributed by atoms with van der Waals surface area (Å²) in [6.07, 6.45) is 1.11. The number of hydrogen-bond donors (Lipinski definition) is 1. The molecule has 0 spiro atoms. The van der Waals surface area contributed by atoms with Gasteiger partial charge in [0.2, 0.25) is 0 Å². The number of methoxy groups -OCH3 is 1. The van der Waals surface area contributed by atoms with Crippen LogP contribution >= 0.6 is 0 Å². The SMILES string of the molecule is COc1cc(CNC(C)CCN(C)C)ccc1C#N. The van der Waals surface area contributed by atoms with Crippen molar-refractivity contribution in [2.75, 3.05) is 27.7 Å². The first-order valence-electron chi connectivity index (χ1n) is 6.52. The van der Waals surface area contributed by atoms with Crippen LogP contribution in [-0.2, 0) is 6.54 Å². The second-order valence-electron chi connectivity index (χ2n) is 5.02. The Labute approximate surface area is 116 Å². The molecule has 0 bridgehead atoms. The molecule has 0 aromatic heterocycles. The number of nitrogens with zero attached hydrogens (tertiary/aromatic N) is 2. The molecule has 104 valence electrons. The lowest BCUT2D eigenvalue weighted by molar-refractivity contribution is 0.365. The van der Waals surface area contributed by atoms with Gasteiger partial charge in [0.15, 0.2) is 0 Å². The van der Waals surface area contributed by atoms with Gasteiger partial charge in [0.05, 0.1) is 12.7 Å². The van der Waals surface area contributed by atoms with Crippen LogP contribution in [0.15, 0.2) is 18.2 Å². The van der Waals surface area contributed by atoms with Crippen LogP contribution in [-0.4, -0.2) is 38.7 Å². The van der Waals surface area contributed by atoms with E-state index in [9.17, 15) is 0 Å². The molecule has 1 N–H and O–H groups in total. The highest BCUT2D eigenvalue weighted by atomic mass is 16.5. The largest absolute Gasteiger partial charge is 0.495 e. The molecular weight excluding hydrogens is 238 g/mol. The Hall–Kier alpha value is -1.57. The van der Waals surface area contributed by atoms with Gasteiger partial charge in [-0.3, -0.25) is 0 Å². The van der Waals surface area contributed by atoms with E-state index in [2.05, 4.69) is 37.3 Å². The summed E-state index contributed by atoms with van der Waals surface area (Å²) in [5, 5.41) is 12.4. The van der Waals surface area contributed by atoms with Crippen LogP contribution in [0.25, 0.3) is 0 Å².